The number of nitrogens with zero attached hydrogens (tertiary/aromatic N) is 5. The van der Waals surface area contributed by atoms with Crippen LogP contribution in [0, 0.1) is 12.7 Å². The van der Waals surface area contributed by atoms with Gasteiger partial charge in [-0.1, -0.05) is 36.0 Å². The molecule has 1 fully saturated rings. The number of halogens is 1. The van der Waals surface area contributed by atoms with Gasteiger partial charge in [0.15, 0.2) is 11.0 Å². The molecule has 6 nitrogen and oxygen atoms in total. The summed E-state index contributed by atoms with van der Waals surface area (Å²) < 4.78 is 15.2. The standard InChI is InChI=1S/C23H26FN5OS/c1-3-29-22(20-7-5-4-6-17(20)2)25-26-23(29)31-16-21(30)28-14-12-27(13-15-28)19-10-8-18(24)9-11-19/h4-11H,3,12-16H2,1-2H3. The van der Waals surface area contributed by atoms with Gasteiger partial charge in [0.05, 0.1) is 5.75 Å². The zero-order chi connectivity index (χ0) is 21.8. The van der Waals surface area contributed by atoms with E-state index in [4.69, 9.17) is 0 Å². The maximum absolute atomic E-state index is 13.1. The lowest BCUT2D eigenvalue weighted by Crippen LogP contribution is -2.49. The molecule has 0 spiro atoms. The van der Waals surface area contributed by atoms with Gasteiger partial charge in [-0.3, -0.25) is 4.79 Å². The third-order valence-electron chi connectivity index (χ3n) is 5.57. The largest absolute Gasteiger partial charge is 0.368 e. The number of hydrogen-bond donors (Lipinski definition) is 0. The fourth-order valence-corrected chi connectivity index (χ4v) is 4.69. The first-order chi connectivity index (χ1) is 15.1. The zero-order valence-corrected chi connectivity index (χ0v) is 18.6. The molecule has 1 aromatic heterocycles. The molecule has 0 saturated carbocycles. The van der Waals surface area contributed by atoms with Crippen LogP contribution in [-0.4, -0.2) is 57.5 Å². The number of aryl methyl sites for hydroxylation is 1. The number of amides is 1. The average Bonchev–Trinajstić information content (AvgIpc) is 3.21. The second-order valence-electron chi connectivity index (χ2n) is 7.50. The van der Waals surface area contributed by atoms with E-state index in [1.54, 1.807) is 12.1 Å². The molecule has 0 bridgehead atoms. The number of hydrogen-bond acceptors (Lipinski definition) is 5. The maximum atomic E-state index is 13.1. The van der Waals surface area contributed by atoms with Crippen molar-refractivity contribution in [3.63, 3.8) is 0 Å². The Labute approximate surface area is 186 Å². The SMILES string of the molecule is CCn1c(SCC(=O)N2CCN(c3ccc(F)cc3)CC2)nnc1-c1ccccc1C. The van der Waals surface area contributed by atoms with Crippen molar-refractivity contribution in [2.75, 3.05) is 36.8 Å². The minimum Gasteiger partial charge on any atom is -0.368 e. The van der Waals surface area contributed by atoms with E-state index in [-0.39, 0.29) is 11.7 Å². The lowest BCUT2D eigenvalue weighted by atomic mass is 10.1. The van der Waals surface area contributed by atoms with Gasteiger partial charge in [0.1, 0.15) is 5.82 Å². The Morgan fingerprint density at radius 2 is 1.74 bits per heavy atom. The summed E-state index contributed by atoms with van der Waals surface area (Å²) in [4.78, 5) is 16.8. The molecule has 1 aliphatic heterocycles. The monoisotopic (exact) mass is 439 g/mol. The summed E-state index contributed by atoms with van der Waals surface area (Å²) in [5.74, 6) is 1.04. The molecule has 2 heterocycles. The quantitative estimate of drug-likeness (QED) is 0.546. The van der Waals surface area contributed by atoms with Gasteiger partial charge in [0.2, 0.25) is 5.91 Å². The highest BCUT2D eigenvalue weighted by molar-refractivity contribution is 7.99. The summed E-state index contributed by atoms with van der Waals surface area (Å²) in [6.07, 6.45) is 0. The first-order valence-electron chi connectivity index (χ1n) is 10.5. The highest BCUT2D eigenvalue weighted by Crippen LogP contribution is 2.26. The topological polar surface area (TPSA) is 54.3 Å². The Bertz CT molecular complexity index is 1040. The van der Waals surface area contributed by atoms with Crippen molar-refractivity contribution in [3.05, 3.63) is 59.9 Å². The maximum Gasteiger partial charge on any atom is 0.233 e. The summed E-state index contributed by atoms with van der Waals surface area (Å²) >= 11 is 1.44. The van der Waals surface area contributed by atoms with E-state index in [1.807, 2.05) is 23.1 Å². The van der Waals surface area contributed by atoms with E-state index in [1.165, 1.54) is 23.9 Å². The van der Waals surface area contributed by atoms with E-state index < -0.39 is 0 Å². The van der Waals surface area contributed by atoms with Gasteiger partial charge < -0.3 is 14.4 Å². The molecule has 31 heavy (non-hydrogen) atoms. The van der Waals surface area contributed by atoms with Crippen molar-refractivity contribution in [3.8, 4) is 11.4 Å². The van der Waals surface area contributed by atoms with Crippen molar-refractivity contribution in [1.82, 2.24) is 19.7 Å². The number of aromatic nitrogens is 3. The fourth-order valence-electron chi connectivity index (χ4n) is 3.79. The summed E-state index contributed by atoms with van der Waals surface area (Å²) in [5.41, 5.74) is 3.20. The Kier molecular flexibility index (Phi) is 6.56. The fraction of sp³-hybridized carbons (Fsp3) is 0.348. The number of thioether (sulfide) groups is 1. The first-order valence-corrected chi connectivity index (χ1v) is 11.5. The van der Waals surface area contributed by atoms with Gasteiger partial charge in [-0.2, -0.15) is 0 Å². The Morgan fingerprint density at radius 3 is 2.42 bits per heavy atom. The summed E-state index contributed by atoms with van der Waals surface area (Å²) in [6, 6.07) is 14.6. The van der Waals surface area contributed by atoms with Gasteiger partial charge in [-0.15, -0.1) is 10.2 Å². The minimum atomic E-state index is -0.236. The van der Waals surface area contributed by atoms with E-state index in [0.717, 1.165) is 47.4 Å². The number of anilines is 1. The molecule has 162 valence electrons. The van der Waals surface area contributed by atoms with Crippen molar-refractivity contribution in [2.45, 2.75) is 25.5 Å². The smallest absolute Gasteiger partial charge is 0.233 e. The summed E-state index contributed by atoms with van der Waals surface area (Å²) in [6.45, 7) is 7.66. The molecule has 0 aliphatic carbocycles. The lowest BCUT2D eigenvalue weighted by molar-refractivity contribution is -0.128. The highest BCUT2D eigenvalue weighted by Gasteiger charge is 2.22. The van der Waals surface area contributed by atoms with Crippen molar-refractivity contribution in [2.24, 2.45) is 0 Å². The van der Waals surface area contributed by atoms with E-state index >= 15 is 0 Å². The minimum absolute atomic E-state index is 0.104. The molecule has 8 heteroatoms. The number of carbonyl (C=O) groups is 1. The Morgan fingerprint density at radius 1 is 1.03 bits per heavy atom. The second-order valence-corrected chi connectivity index (χ2v) is 8.44. The summed E-state index contributed by atoms with van der Waals surface area (Å²) in [7, 11) is 0. The second kappa shape index (κ2) is 9.51. The van der Waals surface area contributed by atoms with Crippen LogP contribution in [0.4, 0.5) is 10.1 Å². The Balaban J connectivity index is 1.35. The molecule has 1 amide bonds. The van der Waals surface area contributed by atoms with Gasteiger partial charge in [-0.25, -0.2) is 4.39 Å². The molecular weight excluding hydrogens is 413 g/mol. The van der Waals surface area contributed by atoms with Crippen LogP contribution in [0.3, 0.4) is 0 Å². The van der Waals surface area contributed by atoms with Gasteiger partial charge in [0.25, 0.3) is 0 Å². The molecule has 0 unspecified atom stereocenters. The molecule has 0 N–H and O–H groups in total. The van der Waals surface area contributed by atoms with Crippen LogP contribution in [0.25, 0.3) is 11.4 Å². The molecule has 2 aromatic carbocycles. The predicted octanol–water partition coefficient (Wildman–Crippen LogP) is 3.85. The van der Waals surface area contributed by atoms with Crippen molar-refractivity contribution in [1.29, 1.82) is 0 Å². The Hall–Kier alpha value is -2.87. The normalized spacial score (nSPS) is 14.2. The molecule has 0 radical (unpaired) electrons. The molecule has 1 saturated heterocycles. The van der Waals surface area contributed by atoms with Crippen LogP contribution in [0.2, 0.25) is 0 Å². The van der Waals surface area contributed by atoms with Crippen LogP contribution in [0.15, 0.2) is 53.7 Å². The third kappa shape index (κ3) is 4.74. The molecule has 3 aromatic rings. The average molecular weight is 440 g/mol. The number of carbonyl (C=O) groups excluding carboxylic acids is 1. The molecule has 4 rings (SSSR count). The molecule has 0 atom stereocenters. The van der Waals surface area contributed by atoms with E-state index in [2.05, 4.69) is 39.6 Å². The van der Waals surface area contributed by atoms with Crippen LogP contribution in [0.5, 0.6) is 0 Å². The predicted molar refractivity (Wildman–Crippen MR) is 122 cm³/mol. The molecule has 1 aliphatic rings. The van der Waals surface area contributed by atoms with Crippen molar-refractivity contribution < 1.29 is 9.18 Å². The number of rotatable bonds is 6. The van der Waals surface area contributed by atoms with Gasteiger partial charge >= 0.3 is 0 Å². The van der Waals surface area contributed by atoms with Gasteiger partial charge in [0, 0.05) is 44.0 Å². The zero-order valence-electron chi connectivity index (χ0n) is 17.8. The van der Waals surface area contributed by atoms with Crippen LogP contribution >= 0.6 is 11.8 Å². The van der Waals surface area contributed by atoms with E-state index in [0.29, 0.717) is 18.8 Å². The van der Waals surface area contributed by atoms with E-state index in [9.17, 15) is 9.18 Å². The highest BCUT2D eigenvalue weighted by atomic mass is 32.2. The first kappa shape index (κ1) is 21.4. The van der Waals surface area contributed by atoms with Gasteiger partial charge in [-0.05, 0) is 43.7 Å². The third-order valence-corrected chi connectivity index (χ3v) is 6.52. The van der Waals surface area contributed by atoms with Crippen molar-refractivity contribution >= 4 is 23.4 Å². The lowest BCUT2D eigenvalue weighted by Gasteiger charge is -2.36. The number of benzene rings is 2. The van der Waals surface area contributed by atoms with Crippen LogP contribution < -0.4 is 4.90 Å². The number of piperazine rings is 1. The molecular formula is C23H26FN5OS. The summed E-state index contributed by atoms with van der Waals surface area (Å²) in [5, 5.41) is 9.50. The van der Waals surface area contributed by atoms with Crippen LogP contribution in [0.1, 0.15) is 12.5 Å². The van der Waals surface area contributed by atoms with Crippen LogP contribution in [-0.2, 0) is 11.3 Å².